The van der Waals surface area contributed by atoms with E-state index < -0.39 is 0 Å². The second kappa shape index (κ2) is 5.01. The number of hydrogen-bond acceptors (Lipinski definition) is 1. The molecule has 1 aromatic carbocycles. The van der Waals surface area contributed by atoms with Crippen molar-refractivity contribution < 1.29 is 0 Å². The number of hydrogen-bond donors (Lipinski definition) is 1. The Bertz CT molecular complexity index is 319. The average molecular weight is 211 g/mol. The third-order valence-corrected chi connectivity index (χ3v) is 2.41. The Morgan fingerprint density at radius 2 is 2.00 bits per heavy atom. The summed E-state index contributed by atoms with van der Waals surface area (Å²) in [7, 11) is 0. The van der Waals surface area contributed by atoms with Crippen LogP contribution in [0.3, 0.4) is 0 Å². The molecule has 0 aromatic heterocycles. The van der Waals surface area contributed by atoms with Crippen LogP contribution in [0.5, 0.6) is 0 Å². The number of nitrogens with one attached hydrogen (secondary N) is 1. The molecule has 0 atom stereocenters. The van der Waals surface area contributed by atoms with Gasteiger partial charge in [0.1, 0.15) is 5.84 Å². The van der Waals surface area contributed by atoms with Crippen LogP contribution in [0, 0.1) is 5.41 Å². The summed E-state index contributed by atoms with van der Waals surface area (Å²) in [5.41, 5.74) is 0.876. The first-order valence-electron chi connectivity index (χ1n) is 4.78. The Labute approximate surface area is 90.0 Å². The highest BCUT2D eigenvalue weighted by Gasteiger charge is 2.07. The van der Waals surface area contributed by atoms with E-state index >= 15 is 0 Å². The third kappa shape index (κ3) is 2.48. The summed E-state index contributed by atoms with van der Waals surface area (Å²) in [5, 5.41) is 8.63. The average Bonchev–Trinajstić information content (AvgIpc) is 2.19. The van der Waals surface area contributed by atoms with E-state index in [1.807, 2.05) is 43.0 Å². The monoisotopic (exact) mass is 210 g/mol. The molecule has 1 N–H and O–H groups in total. The zero-order chi connectivity index (χ0) is 10.6. The van der Waals surface area contributed by atoms with Crippen LogP contribution < -0.4 is 0 Å². The quantitative estimate of drug-likeness (QED) is 0.603. The number of nitrogens with zero attached hydrogens (tertiary/aromatic N) is 1. The molecule has 2 nitrogen and oxygen atoms in total. The van der Waals surface area contributed by atoms with Crippen molar-refractivity contribution in [3.05, 3.63) is 34.9 Å². The zero-order valence-electron chi connectivity index (χ0n) is 8.55. The molecule has 0 heterocycles. The first kappa shape index (κ1) is 11.1. The molecule has 76 valence electrons. The van der Waals surface area contributed by atoms with E-state index in [1.54, 1.807) is 0 Å². The lowest BCUT2D eigenvalue weighted by atomic mass is 10.2. The van der Waals surface area contributed by atoms with Crippen LogP contribution in [0.25, 0.3) is 0 Å². The van der Waals surface area contributed by atoms with E-state index in [-0.39, 0.29) is 0 Å². The van der Waals surface area contributed by atoms with Crippen LogP contribution >= 0.6 is 11.6 Å². The number of benzene rings is 1. The van der Waals surface area contributed by atoms with Gasteiger partial charge in [0.05, 0.1) is 0 Å². The Morgan fingerprint density at radius 3 is 2.50 bits per heavy atom. The number of amidine groups is 1. The topological polar surface area (TPSA) is 27.1 Å². The molecule has 0 saturated carbocycles. The first-order chi connectivity index (χ1) is 6.69. The van der Waals surface area contributed by atoms with Crippen LogP contribution in [0.4, 0.5) is 0 Å². The fourth-order valence-electron chi connectivity index (χ4n) is 1.36. The lowest BCUT2D eigenvalue weighted by Crippen LogP contribution is -2.30. The SMILES string of the molecule is CCN(CC)C(=N)c1cccc(Cl)c1. The van der Waals surface area contributed by atoms with Gasteiger partial charge in [-0.2, -0.15) is 0 Å². The van der Waals surface area contributed by atoms with Gasteiger partial charge in [-0.3, -0.25) is 5.41 Å². The van der Waals surface area contributed by atoms with Crippen LogP contribution in [-0.2, 0) is 0 Å². The minimum atomic E-state index is 0.539. The summed E-state index contributed by atoms with van der Waals surface area (Å²) in [5.74, 6) is 0.539. The highest BCUT2D eigenvalue weighted by molar-refractivity contribution is 6.31. The molecular weight excluding hydrogens is 196 g/mol. The van der Waals surface area contributed by atoms with E-state index in [0.717, 1.165) is 18.7 Å². The van der Waals surface area contributed by atoms with Crippen LogP contribution in [0.1, 0.15) is 19.4 Å². The molecule has 0 bridgehead atoms. The summed E-state index contributed by atoms with van der Waals surface area (Å²) in [6.45, 7) is 5.79. The van der Waals surface area contributed by atoms with Crippen LogP contribution in [-0.4, -0.2) is 23.8 Å². The number of halogens is 1. The Hall–Kier alpha value is -1.02. The highest BCUT2D eigenvalue weighted by Crippen LogP contribution is 2.12. The van der Waals surface area contributed by atoms with Crippen molar-refractivity contribution >= 4 is 17.4 Å². The van der Waals surface area contributed by atoms with Crippen molar-refractivity contribution in [1.82, 2.24) is 4.90 Å². The fraction of sp³-hybridized carbons (Fsp3) is 0.364. The van der Waals surface area contributed by atoms with Crippen molar-refractivity contribution in [3.8, 4) is 0 Å². The largest absolute Gasteiger partial charge is 0.357 e. The second-order valence-corrected chi connectivity index (χ2v) is 3.47. The molecule has 0 aliphatic rings. The van der Waals surface area contributed by atoms with Crippen molar-refractivity contribution in [2.24, 2.45) is 0 Å². The van der Waals surface area contributed by atoms with E-state index in [9.17, 15) is 0 Å². The predicted octanol–water partition coefficient (Wildman–Crippen LogP) is 3.01. The summed E-state index contributed by atoms with van der Waals surface area (Å²) >= 11 is 5.86. The standard InChI is InChI=1S/C11H15ClN2/c1-3-14(4-2)11(13)9-6-5-7-10(12)8-9/h5-8,13H,3-4H2,1-2H3. The van der Waals surface area contributed by atoms with Gasteiger partial charge in [-0.05, 0) is 26.0 Å². The van der Waals surface area contributed by atoms with Gasteiger partial charge in [-0.15, -0.1) is 0 Å². The van der Waals surface area contributed by atoms with Crippen LogP contribution in [0.2, 0.25) is 5.02 Å². The molecular formula is C11H15ClN2. The van der Waals surface area contributed by atoms with E-state index in [0.29, 0.717) is 10.9 Å². The molecule has 0 aliphatic carbocycles. The van der Waals surface area contributed by atoms with Crippen molar-refractivity contribution in [2.45, 2.75) is 13.8 Å². The van der Waals surface area contributed by atoms with Gasteiger partial charge in [-0.25, -0.2) is 0 Å². The van der Waals surface area contributed by atoms with Crippen molar-refractivity contribution in [3.63, 3.8) is 0 Å². The Kier molecular flexibility index (Phi) is 3.96. The molecule has 1 aromatic rings. The van der Waals surface area contributed by atoms with Gasteiger partial charge in [-0.1, -0.05) is 23.7 Å². The van der Waals surface area contributed by atoms with E-state index in [4.69, 9.17) is 17.0 Å². The predicted molar refractivity (Wildman–Crippen MR) is 61.2 cm³/mol. The molecule has 3 heteroatoms. The van der Waals surface area contributed by atoms with E-state index in [2.05, 4.69) is 0 Å². The van der Waals surface area contributed by atoms with Gasteiger partial charge in [0.15, 0.2) is 0 Å². The molecule has 1 rings (SSSR count). The van der Waals surface area contributed by atoms with E-state index in [1.165, 1.54) is 0 Å². The molecule has 0 spiro atoms. The van der Waals surface area contributed by atoms with Crippen LogP contribution in [0.15, 0.2) is 24.3 Å². The summed E-state index contributed by atoms with van der Waals surface area (Å²) in [6.07, 6.45) is 0. The lowest BCUT2D eigenvalue weighted by Gasteiger charge is -2.21. The summed E-state index contributed by atoms with van der Waals surface area (Å²) < 4.78 is 0. The minimum Gasteiger partial charge on any atom is -0.357 e. The zero-order valence-corrected chi connectivity index (χ0v) is 9.30. The Balaban J connectivity index is 2.88. The van der Waals surface area contributed by atoms with Gasteiger partial charge in [0.2, 0.25) is 0 Å². The number of rotatable bonds is 3. The van der Waals surface area contributed by atoms with Gasteiger partial charge in [0.25, 0.3) is 0 Å². The van der Waals surface area contributed by atoms with Crippen molar-refractivity contribution in [1.29, 1.82) is 5.41 Å². The Morgan fingerprint density at radius 1 is 1.36 bits per heavy atom. The maximum absolute atomic E-state index is 7.95. The highest BCUT2D eigenvalue weighted by atomic mass is 35.5. The van der Waals surface area contributed by atoms with Gasteiger partial charge < -0.3 is 4.90 Å². The maximum Gasteiger partial charge on any atom is 0.128 e. The maximum atomic E-state index is 7.95. The first-order valence-corrected chi connectivity index (χ1v) is 5.16. The normalized spacial score (nSPS) is 9.93. The smallest absolute Gasteiger partial charge is 0.128 e. The molecule has 0 fully saturated rings. The second-order valence-electron chi connectivity index (χ2n) is 3.03. The van der Waals surface area contributed by atoms with Crippen molar-refractivity contribution in [2.75, 3.05) is 13.1 Å². The fourth-order valence-corrected chi connectivity index (χ4v) is 1.55. The molecule has 0 saturated heterocycles. The van der Waals surface area contributed by atoms with Gasteiger partial charge >= 0.3 is 0 Å². The minimum absolute atomic E-state index is 0.539. The molecule has 0 unspecified atom stereocenters. The molecule has 14 heavy (non-hydrogen) atoms. The molecule has 0 radical (unpaired) electrons. The summed E-state index contributed by atoms with van der Waals surface area (Å²) in [4.78, 5) is 1.99. The summed E-state index contributed by atoms with van der Waals surface area (Å²) in [6, 6.07) is 7.42. The third-order valence-electron chi connectivity index (χ3n) is 2.18. The van der Waals surface area contributed by atoms with Gasteiger partial charge in [0, 0.05) is 23.7 Å². The molecule has 0 aliphatic heterocycles. The molecule has 0 amide bonds. The lowest BCUT2D eigenvalue weighted by molar-refractivity contribution is 0.463.